The third-order valence-electron chi connectivity index (χ3n) is 5.44. The molecule has 0 unspecified atom stereocenters. The Morgan fingerprint density at radius 3 is 2.58 bits per heavy atom. The highest BCUT2D eigenvalue weighted by molar-refractivity contribution is 5.93. The van der Waals surface area contributed by atoms with E-state index in [1.165, 1.54) is 0 Å². The molecule has 1 aliphatic heterocycles. The molecule has 0 bridgehead atoms. The molecule has 2 aromatic carbocycles. The average molecular weight is 450 g/mol. The van der Waals surface area contributed by atoms with E-state index in [9.17, 15) is 9.59 Å². The predicted molar refractivity (Wildman–Crippen MR) is 122 cm³/mol. The molecule has 172 valence electrons. The largest absolute Gasteiger partial charge is 0.486 e. The zero-order chi connectivity index (χ0) is 23.2. The number of esters is 1. The van der Waals surface area contributed by atoms with Gasteiger partial charge in [-0.3, -0.25) is 9.48 Å². The molecule has 0 atom stereocenters. The van der Waals surface area contributed by atoms with Crippen molar-refractivity contribution in [3.63, 3.8) is 0 Å². The summed E-state index contributed by atoms with van der Waals surface area (Å²) in [6, 6.07) is 15.6. The lowest BCUT2D eigenvalue weighted by Crippen LogP contribution is -2.30. The number of aromatic nitrogens is 2. The molecule has 0 spiro atoms. The fraction of sp³-hybridized carbons (Fsp3) is 0.320. The van der Waals surface area contributed by atoms with Crippen LogP contribution in [0.3, 0.4) is 0 Å². The first-order chi connectivity index (χ1) is 16.0. The number of nitrogens with one attached hydrogen (secondary N) is 1. The number of rotatable bonds is 8. The highest BCUT2D eigenvalue weighted by Gasteiger charge is 2.21. The molecule has 3 aromatic rings. The number of aryl methyl sites for hydroxylation is 1. The van der Waals surface area contributed by atoms with E-state index >= 15 is 0 Å². The van der Waals surface area contributed by atoms with Gasteiger partial charge in [0.1, 0.15) is 18.8 Å². The summed E-state index contributed by atoms with van der Waals surface area (Å²) in [6.45, 7) is 5.30. The molecule has 33 heavy (non-hydrogen) atoms. The smallest absolute Gasteiger partial charge is 0.342 e. The number of nitrogens with zero attached hydrogens (tertiary/aromatic N) is 2. The fourth-order valence-corrected chi connectivity index (χ4v) is 3.75. The van der Waals surface area contributed by atoms with Crippen molar-refractivity contribution in [1.82, 2.24) is 15.1 Å². The molecule has 8 heteroatoms. The van der Waals surface area contributed by atoms with Crippen molar-refractivity contribution in [2.45, 2.75) is 26.8 Å². The molecular weight excluding hydrogens is 422 g/mol. The van der Waals surface area contributed by atoms with Gasteiger partial charge in [0.15, 0.2) is 18.1 Å². The second kappa shape index (κ2) is 10.2. The van der Waals surface area contributed by atoms with Gasteiger partial charge in [0.25, 0.3) is 5.91 Å². The van der Waals surface area contributed by atoms with E-state index in [-0.39, 0.29) is 12.5 Å². The minimum atomic E-state index is -0.550. The Morgan fingerprint density at radius 1 is 1.03 bits per heavy atom. The van der Waals surface area contributed by atoms with Crippen LogP contribution in [-0.4, -0.2) is 48.0 Å². The molecule has 1 amide bonds. The van der Waals surface area contributed by atoms with Crippen molar-refractivity contribution in [3.8, 4) is 11.5 Å². The maximum Gasteiger partial charge on any atom is 0.342 e. The van der Waals surface area contributed by atoms with E-state index in [0.717, 1.165) is 22.6 Å². The van der Waals surface area contributed by atoms with Crippen molar-refractivity contribution >= 4 is 11.9 Å². The maximum atomic E-state index is 12.6. The topological polar surface area (TPSA) is 91.7 Å². The van der Waals surface area contributed by atoms with Crippen molar-refractivity contribution in [1.29, 1.82) is 0 Å². The zero-order valence-electron chi connectivity index (χ0n) is 18.8. The molecule has 0 radical (unpaired) electrons. The molecule has 1 aromatic heterocycles. The monoisotopic (exact) mass is 449 g/mol. The second-order valence-corrected chi connectivity index (χ2v) is 7.84. The van der Waals surface area contributed by atoms with E-state index in [1.54, 1.807) is 11.6 Å². The lowest BCUT2D eigenvalue weighted by atomic mass is 10.1. The number of hydrogen-bond acceptors (Lipinski definition) is 6. The quantitative estimate of drug-likeness (QED) is 0.532. The van der Waals surface area contributed by atoms with Gasteiger partial charge in [0.2, 0.25) is 0 Å². The molecule has 0 saturated heterocycles. The van der Waals surface area contributed by atoms with Crippen LogP contribution in [0.15, 0.2) is 48.5 Å². The first kappa shape index (κ1) is 22.4. The highest BCUT2D eigenvalue weighted by Crippen LogP contribution is 2.30. The van der Waals surface area contributed by atoms with Crippen molar-refractivity contribution in [2.24, 2.45) is 0 Å². The number of benzene rings is 2. The Balaban J connectivity index is 1.26. The molecule has 1 N–H and O–H groups in total. The van der Waals surface area contributed by atoms with Gasteiger partial charge in [-0.15, -0.1) is 0 Å². The summed E-state index contributed by atoms with van der Waals surface area (Å²) in [5.41, 5.74) is 3.79. The summed E-state index contributed by atoms with van der Waals surface area (Å²) < 4.78 is 18.1. The number of fused-ring (bicyclic) bond motifs is 1. The van der Waals surface area contributed by atoms with Gasteiger partial charge >= 0.3 is 5.97 Å². The van der Waals surface area contributed by atoms with E-state index in [1.807, 2.05) is 55.5 Å². The highest BCUT2D eigenvalue weighted by atomic mass is 16.6. The molecule has 0 saturated carbocycles. The molecular formula is C25H27N3O5. The number of ether oxygens (including phenoxy) is 3. The summed E-state index contributed by atoms with van der Waals surface area (Å²) >= 11 is 0. The standard InChI is InChI=1S/C25H27N3O5/c1-17-24(18(2)28(27-17)15-20-6-4-3-5-7-20)25(30)33-16-23(29)26-11-10-19-8-9-21-22(14-19)32-13-12-31-21/h3-9,14H,10-13,15-16H2,1-2H3,(H,26,29). The van der Waals surface area contributed by atoms with Crippen LogP contribution in [0.4, 0.5) is 0 Å². The SMILES string of the molecule is Cc1nn(Cc2ccccc2)c(C)c1C(=O)OCC(=O)NCCc1ccc2c(c1)OCCO2. The lowest BCUT2D eigenvalue weighted by molar-refractivity contribution is -0.124. The summed E-state index contributed by atoms with van der Waals surface area (Å²) in [5.74, 6) is 0.551. The fourth-order valence-electron chi connectivity index (χ4n) is 3.75. The van der Waals surface area contributed by atoms with Crippen LogP contribution in [0, 0.1) is 13.8 Å². The molecule has 2 heterocycles. The Labute approximate surface area is 192 Å². The Bertz CT molecular complexity index is 1140. The maximum absolute atomic E-state index is 12.6. The van der Waals surface area contributed by atoms with Crippen LogP contribution < -0.4 is 14.8 Å². The van der Waals surface area contributed by atoms with Crippen LogP contribution in [0.2, 0.25) is 0 Å². The predicted octanol–water partition coefficient (Wildman–Crippen LogP) is 2.84. The summed E-state index contributed by atoms with van der Waals surface area (Å²) in [6.07, 6.45) is 0.626. The minimum absolute atomic E-state index is 0.345. The van der Waals surface area contributed by atoms with Crippen LogP contribution in [0.5, 0.6) is 11.5 Å². The zero-order valence-corrected chi connectivity index (χ0v) is 18.8. The third kappa shape index (κ3) is 5.52. The lowest BCUT2D eigenvalue weighted by Gasteiger charge is -2.18. The van der Waals surface area contributed by atoms with E-state index in [0.29, 0.717) is 49.7 Å². The number of amides is 1. The summed E-state index contributed by atoms with van der Waals surface area (Å²) in [7, 11) is 0. The van der Waals surface area contributed by atoms with Crippen molar-refractivity contribution in [3.05, 3.63) is 76.6 Å². The second-order valence-electron chi connectivity index (χ2n) is 7.84. The van der Waals surface area contributed by atoms with Gasteiger partial charge in [0.05, 0.1) is 17.9 Å². The van der Waals surface area contributed by atoms with Crippen LogP contribution in [0.1, 0.15) is 32.9 Å². The summed E-state index contributed by atoms with van der Waals surface area (Å²) in [4.78, 5) is 24.8. The number of hydrogen-bond donors (Lipinski definition) is 1. The number of carbonyl (C=O) groups is 2. The number of carbonyl (C=O) groups excluding carboxylic acids is 2. The third-order valence-corrected chi connectivity index (χ3v) is 5.44. The van der Waals surface area contributed by atoms with Gasteiger partial charge in [-0.25, -0.2) is 4.79 Å². The van der Waals surface area contributed by atoms with Crippen molar-refractivity contribution < 1.29 is 23.8 Å². The molecule has 0 fully saturated rings. The van der Waals surface area contributed by atoms with Crippen LogP contribution in [0.25, 0.3) is 0 Å². The Hall–Kier alpha value is -3.81. The van der Waals surface area contributed by atoms with Gasteiger partial charge in [-0.05, 0) is 43.5 Å². The molecule has 8 nitrogen and oxygen atoms in total. The van der Waals surface area contributed by atoms with E-state index in [2.05, 4.69) is 10.4 Å². The minimum Gasteiger partial charge on any atom is -0.486 e. The Kier molecular flexibility index (Phi) is 6.92. The van der Waals surface area contributed by atoms with Crippen LogP contribution in [-0.2, 0) is 22.5 Å². The first-order valence-electron chi connectivity index (χ1n) is 10.9. The average Bonchev–Trinajstić information content (AvgIpc) is 3.10. The molecule has 4 rings (SSSR count). The van der Waals surface area contributed by atoms with E-state index < -0.39 is 5.97 Å². The van der Waals surface area contributed by atoms with Gasteiger partial charge < -0.3 is 19.5 Å². The van der Waals surface area contributed by atoms with Crippen LogP contribution >= 0.6 is 0 Å². The molecule has 0 aliphatic carbocycles. The van der Waals surface area contributed by atoms with Gasteiger partial charge in [-0.2, -0.15) is 5.10 Å². The van der Waals surface area contributed by atoms with Gasteiger partial charge in [-0.1, -0.05) is 36.4 Å². The van der Waals surface area contributed by atoms with Gasteiger partial charge in [0, 0.05) is 6.54 Å². The van der Waals surface area contributed by atoms with Crippen molar-refractivity contribution in [2.75, 3.05) is 26.4 Å². The molecule has 1 aliphatic rings. The first-order valence-corrected chi connectivity index (χ1v) is 10.9. The van der Waals surface area contributed by atoms with E-state index in [4.69, 9.17) is 14.2 Å². The normalized spacial score (nSPS) is 12.3. The summed E-state index contributed by atoms with van der Waals surface area (Å²) in [5, 5.41) is 7.24. The Morgan fingerprint density at radius 2 is 1.79 bits per heavy atom.